The summed E-state index contributed by atoms with van der Waals surface area (Å²) in [7, 11) is 0. The number of aldehydes is 1. The highest BCUT2D eigenvalue weighted by molar-refractivity contribution is 5.84. The van der Waals surface area contributed by atoms with Gasteiger partial charge in [0.25, 0.3) is 0 Å². The summed E-state index contributed by atoms with van der Waals surface area (Å²) in [6.45, 7) is 2.10. The van der Waals surface area contributed by atoms with Gasteiger partial charge in [-0.1, -0.05) is 66.2 Å². The van der Waals surface area contributed by atoms with Gasteiger partial charge in [0, 0.05) is 0 Å². The lowest BCUT2D eigenvalue weighted by atomic mass is 9.78. The van der Waals surface area contributed by atoms with Gasteiger partial charge in [-0.3, -0.25) is 4.79 Å². The van der Waals surface area contributed by atoms with E-state index in [1.54, 1.807) is 6.08 Å². The van der Waals surface area contributed by atoms with E-state index in [0.29, 0.717) is 5.92 Å². The number of carbonyl (C=O) groups is 1. The van der Waals surface area contributed by atoms with Crippen molar-refractivity contribution in [2.24, 2.45) is 5.92 Å². The van der Waals surface area contributed by atoms with Gasteiger partial charge in [-0.15, -0.1) is 0 Å². The highest BCUT2D eigenvalue weighted by Crippen LogP contribution is 2.37. The Balaban J connectivity index is 1.76. The average molecular weight is 302 g/mol. The van der Waals surface area contributed by atoms with Crippen LogP contribution < -0.4 is 0 Å². The van der Waals surface area contributed by atoms with Gasteiger partial charge in [-0.05, 0) is 60.4 Å². The molecule has 0 saturated heterocycles. The average Bonchev–Trinajstić information content (AvgIpc) is 2.58. The molecule has 1 heteroatoms. The maximum absolute atomic E-state index is 11.1. The van der Waals surface area contributed by atoms with Crippen molar-refractivity contribution in [3.8, 4) is 0 Å². The van der Waals surface area contributed by atoms with Gasteiger partial charge in [-0.25, -0.2) is 0 Å². The number of aryl methyl sites for hydroxylation is 2. The number of allylic oxidation sites excluding steroid dienone is 3. The Bertz CT molecular complexity index is 735. The van der Waals surface area contributed by atoms with E-state index in [1.165, 1.54) is 27.8 Å². The van der Waals surface area contributed by atoms with E-state index >= 15 is 0 Å². The molecule has 0 amide bonds. The minimum absolute atomic E-state index is 0.428. The van der Waals surface area contributed by atoms with Crippen LogP contribution in [0, 0.1) is 12.8 Å². The number of carbonyl (C=O) groups excluding carboxylic acids is 1. The van der Waals surface area contributed by atoms with Crippen LogP contribution in [0.3, 0.4) is 0 Å². The van der Waals surface area contributed by atoms with Crippen LogP contribution in [0.25, 0.3) is 11.6 Å². The summed E-state index contributed by atoms with van der Waals surface area (Å²) in [5.74, 6) is 0.428. The summed E-state index contributed by atoms with van der Waals surface area (Å²) in [6, 6.07) is 17.0. The Morgan fingerprint density at radius 2 is 1.87 bits per heavy atom. The lowest BCUT2D eigenvalue weighted by Crippen LogP contribution is -2.13. The van der Waals surface area contributed by atoms with Crippen LogP contribution in [0.4, 0.5) is 0 Å². The first kappa shape index (κ1) is 15.5. The summed E-state index contributed by atoms with van der Waals surface area (Å²) in [5, 5.41) is 0. The first-order chi connectivity index (χ1) is 11.3. The van der Waals surface area contributed by atoms with Crippen LogP contribution in [-0.4, -0.2) is 6.29 Å². The van der Waals surface area contributed by atoms with E-state index in [2.05, 4.69) is 67.6 Å². The molecule has 0 N–H and O–H groups in total. The molecular weight excluding hydrogens is 280 g/mol. The predicted octanol–water partition coefficient (Wildman–Crippen LogP) is 5.24. The highest BCUT2D eigenvalue weighted by Gasteiger charge is 2.22. The Morgan fingerprint density at radius 3 is 2.65 bits per heavy atom. The van der Waals surface area contributed by atoms with Gasteiger partial charge in [-0.2, -0.15) is 0 Å². The molecular formula is C22H22O. The van der Waals surface area contributed by atoms with Crippen LogP contribution in [0.1, 0.15) is 35.1 Å². The van der Waals surface area contributed by atoms with Crippen LogP contribution in [-0.2, 0) is 11.2 Å². The Kier molecular flexibility index (Phi) is 4.87. The SMILES string of the molecule is Cc1ccc(/C=C/CC2CCc3ccccc3/C2=C/C=O)cc1. The van der Waals surface area contributed by atoms with Crippen molar-refractivity contribution >= 4 is 17.9 Å². The smallest absolute Gasteiger partial charge is 0.143 e. The molecule has 0 bridgehead atoms. The molecule has 1 aliphatic carbocycles. The molecule has 0 heterocycles. The number of benzene rings is 2. The summed E-state index contributed by atoms with van der Waals surface area (Å²) in [4.78, 5) is 11.1. The van der Waals surface area contributed by atoms with Gasteiger partial charge < -0.3 is 0 Å². The first-order valence-corrected chi connectivity index (χ1v) is 8.25. The minimum Gasteiger partial charge on any atom is -0.299 e. The molecule has 116 valence electrons. The van der Waals surface area contributed by atoms with Gasteiger partial charge >= 0.3 is 0 Å². The third kappa shape index (κ3) is 3.68. The van der Waals surface area contributed by atoms with Crippen molar-refractivity contribution < 1.29 is 4.79 Å². The molecule has 0 radical (unpaired) electrons. The van der Waals surface area contributed by atoms with E-state index in [4.69, 9.17) is 0 Å². The van der Waals surface area contributed by atoms with E-state index in [9.17, 15) is 4.79 Å². The molecule has 1 atom stereocenters. The third-order valence-corrected chi connectivity index (χ3v) is 4.59. The Morgan fingerprint density at radius 1 is 1.09 bits per heavy atom. The van der Waals surface area contributed by atoms with Crippen molar-refractivity contribution in [1.29, 1.82) is 0 Å². The lowest BCUT2D eigenvalue weighted by Gasteiger charge is -2.27. The van der Waals surface area contributed by atoms with E-state index in [0.717, 1.165) is 25.5 Å². The second-order valence-electron chi connectivity index (χ2n) is 6.20. The van der Waals surface area contributed by atoms with Crippen LogP contribution in [0.2, 0.25) is 0 Å². The fourth-order valence-corrected chi connectivity index (χ4v) is 3.32. The van der Waals surface area contributed by atoms with Gasteiger partial charge in [0.15, 0.2) is 0 Å². The predicted molar refractivity (Wildman–Crippen MR) is 97.1 cm³/mol. The second kappa shape index (κ2) is 7.23. The summed E-state index contributed by atoms with van der Waals surface area (Å²) in [5.41, 5.74) is 6.31. The maximum Gasteiger partial charge on any atom is 0.143 e. The summed E-state index contributed by atoms with van der Waals surface area (Å²) < 4.78 is 0. The van der Waals surface area contributed by atoms with Crippen molar-refractivity contribution in [2.45, 2.75) is 26.2 Å². The highest BCUT2D eigenvalue weighted by atomic mass is 16.1. The quantitative estimate of drug-likeness (QED) is 0.557. The van der Waals surface area contributed by atoms with Gasteiger partial charge in [0.2, 0.25) is 0 Å². The first-order valence-electron chi connectivity index (χ1n) is 8.25. The zero-order valence-corrected chi connectivity index (χ0v) is 13.5. The second-order valence-corrected chi connectivity index (χ2v) is 6.20. The number of hydrogen-bond donors (Lipinski definition) is 0. The van der Waals surface area contributed by atoms with Gasteiger partial charge in [0.05, 0.1) is 0 Å². The largest absolute Gasteiger partial charge is 0.299 e. The third-order valence-electron chi connectivity index (χ3n) is 4.59. The monoisotopic (exact) mass is 302 g/mol. The normalized spacial score (nSPS) is 19.0. The topological polar surface area (TPSA) is 17.1 Å². The Labute approximate surface area is 138 Å². The molecule has 2 aromatic rings. The van der Waals surface area contributed by atoms with Crippen LogP contribution in [0.5, 0.6) is 0 Å². The van der Waals surface area contributed by atoms with Crippen molar-refractivity contribution in [3.63, 3.8) is 0 Å². The standard InChI is InChI=1S/C22H22O/c1-17-9-11-18(12-10-17)5-4-7-20-14-13-19-6-2-3-8-21(19)22(20)15-16-23/h2-6,8-12,15-16,20H,7,13-14H2,1H3/b5-4+,22-15+. The van der Waals surface area contributed by atoms with Crippen molar-refractivity contribution in [1.82, 2.24) is 0 Å². The molecule has 0 saturated carbocycles. The van der Waals surface area contributed by atoms with Crippen LogP contribution in [0.15, 0.2) is 60.7 Å². The molecule has 2 aromatic carbocycles. The van der Waals surface area contributed by atoms with Crippen molar-refractivity contribution in [2.75, 3.05) is 0 Å². The number of rotatable bonds is 4. The lowest BCUT2D eigenvalue weighted by molar-refractivity contribution is -0.104. The zero-order valence-electron chi connectivity index (χ0n) is 13.5. The minimum atomic E-state index is 0.428. The van der Waals surface area contributed by atoms with Crippen molar-refractivity contribution in [3.05, 3.63) is 82.9 Å². The van der Waals surface area contributed by atoms with Gasteiger partial charge in [0.1, 0.15) is 6.29 Å². The van der Waals surface area contributed by atoms with Crippen LogP contribution >= 0.6 is 0 Å². The van der Waals surface area contributed by atoms with E-state index in [-0.39, 0.29) is 0 Å². The molecule has 0 spiro atoms. The molecule has 1 aliphatic rings. The molecule has 1 nitrogen and oxygen atoms in total. The maximum atomic E-state index is 11.1. The molecule has 0 aromatic heterocycles. The van der Waals surface area contributed by atoms with E-state index < -0.39 is 0 Å². The molecule has 0 fully saturated rings. The number of hydrogen-bond acceptors (Lipinski definition) is 1. The summed E-state index contributed by atoms with van der Waals surface area (Å²) >= 11 is 0. The fraction of sp³-hybridized carbons (Fsp3) is 0.227. The zero-order chi connectivity index (χ0) is 16.1. The molecule has 0 aliphatic heterocycles. The molecule has 1 unspecified atom stereocenters. The number of fused-ring (bicyclic) bond motifs is 1. The summed E-state index contributed by atoms with van der Waals surface area (Å²) in [6.07, 6.45) is 10.3. The fourth-order valence-electron chi connectivity index (χ4n) is 3.32. The molecule has 3 rings (SSSR count). The van der Waals surface area contributed by atoms with E-state index in [1.807, 2.05) is 0 Å². The Hall–Kier alpha value is -2.41. The molecule has 23 heavy (non-hydrogen) atoms.